The molecule has 0 aromatic rings. The Bertz CT molecular complexity index is 325. The highest BCUT2D eigenvalue weighted by Crippen LogP contribution is 2.33. The highest BCUT2D eigenvalue weighted by molar-refractivity contribution is 5.77. The van der Waals surface area contributed by atoms with Crippen LogP contribution in [-0.2, 0) is 4.74 Å². The number of morpholine rings is 1. The molecular weight excluding hydrogens is 242 g/mol. The molecule has 1 saturated carbocycles. The first-order chi connectivity index (χ1) is 9.25. The molecule has 1 aliphatic carbocycles. The van der Waals surface area contributed by atoms with Crippen LogP contribution in [0.25, 0.3) is 0 Å². The Labute approximate surface area is 115 Å². The SMILES string of the molecule is CN1C(=O)N(CC2COCCN2)CC1C1CCCC1. The van der Waals surface area contributed by atoms with E-state index in [0.29, 0.717) is 12.1 Å². The molecule has 5 heteroatoms. The molecule has 2 heterocycles. The largest absolute Gasteiger partial charge is 0.378 e. The van der Waals surface area contributed by atoms with Gasteiger partial charge in [-0.3, -0.25) is 0 Å². The van der Waals surface area contributed by atoms with Gasteiger partial charge in [0, 0.05) is 32.7 Å². The second-order valence-electron chi connectivity index (χ2n) is 6.14. The van der Waals surface area contributed by atoms with E-state index in [9.17, 15) is 4.79 Å². The Morgan fingerprint density at radius 2 is 2.16 bits per heavy atom. The van der Waals surface area contributed by atoms with E-state index in [1.165, 1.54) is 25.7 Å². The minimum Gasteiger partial charge on any atom is -0.378 e. The van der Waals surface area contributed by atoms with Gasteiger partial charge in [-0.15, -0.1) is 0 Å². The standard InChI is InChI=1S/C14H25N3O2/c1-16-13(11-4-2-3-5-11)9-17(14(16)18)8-12-10-19-7-6-15-12/h11-13,15H,2-10H2,1H3. The maximum Gasteiger partial charge on any atom is 0.320 e. The number of carbonyl (C=O) groups is 1. The third-order valence-corrected chi connectivity index (χ3v) is 4.86. The molecule has 3 fully saturated rings. The zero-order valence-electron chi connectivity index (χ0n) is 11.8. The minimum atomic E-state index is 0.198. The number of urea groups is 1. The van der Waals surface area contributed by atoms with E-state index in [2.05, 4.69) is 5.32 Å². The predicted molar refractivity (Wildman–Crippen MR) is 73.1 cm³/mol. The van der Waals surface area contributed by atoms with Crippen molar-refractivity contribution in [1.82, 2.24) is 15.1 Å². The number of hydrogen-bond donors (Lipinski definition) is 1. The highest BCUT2D eigenvalue weighted by Gasteiger charge is 2.40. The number of nitrogens with one attached hydrogen (secondary N) is 1. The molecule has 3 aliphatic rings. The van der Waals surface area contributed by atoms with E-state index in [0.717, 1.165) is 38.8 Å². The third kappa shape index (κ3) is 2.72. The molecule has 2 aliphatic heterocycles. The van der Waals surface area contributed by atoms with Crippen LogP contribution < -0.4 is 5.32 Å². The molecule has 108 valence electrons. The average Bonchev–Trinajstić information content (AvgIpc) is 3.04. The number of rotatable bonds is 3. The Morgan fingerprint density at radius 3 is 2.84 bits per heavy atom. The molecule has 19 heavy (non-hydrogen) atoms. The van der Waals surface area contributed by atoms with Gasteiger partial charge in [0.2, 0.25) is 0 Å². The lowest BCUT2D eigenvalue weighted by atomic mass is 9.98. The molecular formula is C14H25N3O2. The zero-order chi connectivity index (χ0) is 13.2. The number of amides is 2. The fourth-order valence-corrected chi connectivity index (χ4v) is 3.75. The van der Waals surface area contributed by atoms with Gasteiger partial charge in [0.15, 0.2) is 0 Å². The maximum atomic E-state index is 12.3. The summed E-state index contributed by atoms with van der Waals surface area (Å²) in [5.74, 6) is 0.717. The predicted octanol–water partition coefficient (Wildman–Crippen LogP) is 0.901. The van der Waals surface area contributed by atoms with Crippen molar-refractivity contribution < 1.29 is 9.53 Å². The minimum absolute atomic E-state index is 0.198. The number of hydrogen-bond acceptors (Lipinski definition) is 3. The van der Waals surface area contributed by atoms with Gasteiger partial charge < -0.3 is 19.9 Å². The van der Waals surface area contributed by atoms with Gasteiger partial charge in [-0.05, 0) is 18.8 Å². The lowest BCUT2D eigenvalue weighted by Gasteiger charge is -2.27. The molecule has 0 radical (unpaired) electrons. The lowest BCUT2D eigenvalue weighted by molar-refractivity contribution is 0.0676. The van der Waals surface area contributed by atoms with Crippen molar-refractivity contribution in [3.8, 4) is 0 Å². The van der Waals surface area contributed by atoms with Gasteiger partial charge in [-0.2, -0.15) is 0 Å². The van der Waals surface area contributed by atoms with Crippen LogP contribution in [-0.4, -0.2) is 67.8 Å². The molecule has 2 unspecified atom stereocenters. The molecule has 3 rings (SSSR count). The monoisotopic (exact) mass is 267 g/mol. The number of carbonyl (C=O) groups excluding carboxylic acids is 1. The summed E-state index contributed by atoms with van der Waals surface area (Å²) in [6.45, 7) is 4.09. The first-order valence-electron chi connectivity index (χ1n) is 7.58. The molecule has 1 N–H and O–H groups in total. The summed E-state index contributed by atoms with van der Waals surface area (Å²) < 4.78 is 5.47. The van der Waals surface area contributed by atoms with Crippen LogP contribution in [0.5, 0.6) is 0 Å². The molecule has 0 aromatic heterocycles. The van der Waals surface area contributed by atoms with Crippen molar-refractivity contribution >= 4 is 6.03 Å². The Balaban J connectivity index is 1.58. The summed E-state index contributed by atoms with van der Waals surface area (Å²) in [5, 5.41) is 3.43. The fraction of sp³-hybridized carbons (Fsp3) is 0.929. The summed E-state index contributed by atoms with van der Waals surface area (Å²) >= 11 is 0. The molecule has 2 amide bonds. The van der Waals surface area contributed by atoms with Gasteiger partial charge >= 0.3 is 6.03 Å². The van der Waals surface area contributed by atoms with Crippen LogP contribution in [0.1, 0.15) is 25.7 Å². The number of ether oxygens (including phenoxy) is 1. The summed E-state index contributed by atoms with van der Waals surface area (Å²) in [4.78, 5) is 16.3. The third-order valence-electron chi connectivity index (χ3n) is 4.86. The fourth-order valence-electron chi connectivity index (χ4n) is 3.75. The van der Waals surface area contributed by atoms with Crippen molar-refractivity contribution in [2.45, 2.75) is 37.8 Å². The first-order valence-corrected chi connectivity index (χ1v) is 7.58. The summed E-state index contributed by atoms with van der Waals surface area (Å²) in [7, 11) is 1.97. The Kier molecular flexibility index (Phi) is 3.93. The Hall–Kier alpha value is -0.810. The van der Waals surface area contributed by atoms with E-state index >= 15 is 0 Å². The maximum absolute atomic E-state index is 12.3. The Morgan fingerprint density at radius 1 is 1.37 bits per heavy atom. The normalized spacial score (nSPS) is 33.4. The zero-order valence-corrected chi connectivity index (χ0v) is 11.8. The van der Waals surface area contributed by atoms with Crippen LogP contribution in [0.15, 0.2) is 0 Å². The molecule has 0 aromatic carbocycles. The van der Waals surface area contributed by atoms with Crippen LogP contribution >= 0.6 is 0 Å². The van der Waals surface area contributed by atoms with Crippen molar-refractivity contribution in [1.29, 1.82) is 0 Å². The van der Waals surface area contributed by atoms with E-state index in [-0.39, 0.29) is 6.03 Å². The van der Waals surface area contributed by atoms with E-state index in [1.54, 1.807) is 0 Å². The molecule has 2 saturated heterocycles. The highest BCUT2D eigenvalue weighted by atomic mass is 16.5. The lowest BCUT2D eigenvalue weighted by Crippen LogP contribution is -2.49. The van der Waals surface area contributed by atoms with E-state index in [1.807, 2.05) is 16.8 Å². The van der Waals surface area contributed by atoms with Crippen LogP contribution in [0.4, 0.5) is 4.79 Å². The van der Waals surface area contributed by atoms with Crippen molar-refractivity contribution in [2.24, 2.45) is 5.92 Å². The van der Waals surface area contributed by atoms with Crippen LogP contribution in [0.2, 0.25) is 0 Å². The molecule has 0 bridgehead atoms. The van der Waals surface area contributed by atoms with Crippen LogP contribution in [0, 0.1) is 5.92 Å². The van der Waals surface area contributed by atoms with Gasteiger partial charge in [-0.25, -0.2) is 4.79 Å². The quantitative estimate of drug-likeness (QED) is 0.826. The van der Waals surface area contributed by atoms with E-state index < -0.39 is 0 Å². The second kappa shape index (κ2) is 5.67. The van der Waals surface area contributed by atoms with Crippen molar-refractivity contribution in [3.63, 3.8) is 0 Å². The summed E-state index contributed by atoms with van der Waals surface area (Å²) in [5.41, 5.74) is 0. The number of nitrogens with zero attached hydrogens (tertiary/aromatic N) is 2. The van der Waals surface area contributed by atoms with Gasteiger partial charge in [0.05, 0.1) is 19.3 Å². The average molecular weight is 267 g/mol. The van der Waals surface area contributed by atoms with Crippen LogP contribution in [0.3, 0.4) is 0 Å². The van der Waals surface area contributed by atoms with Crippen molar-refractivity contribution in [3.05, 3.63) is 0 Å². The second-order valence-corrected chi connectivity index (χ2v) is 6.14. The van der Waals surface area contributed by atoms with Gasteiger partial charge in [0.1, 0.15) is 0 Å². The van der Waals surface area contributed by atoms with Gasteiger partial charge in [0.25, 0.3) is 0 Å². The first kappa shape index (κ1) is 13.2. The molecule has 5 nitrogen and oxygen atoms in total. The summed E-state index contributed by atoms with van der Waals surface area (Å²) in [6.07, 6.45) is 5.25. The van der Waals surface area contributed by atoms with Crippen molar-refractivity contribution in [2.75, 3.05) is 39.9 Å². The molecule has 2 atom stereocenters. The number of likely N-dealkylation sites (N-methyl/N-ethyl adjacent to an activating group) is 1. The summed E-state index contributed by atoms with van der Waals surface area (Å²) in [6, 6.07) is 0.928. The molecule has 0 spiro atoms. The van der Waals surface area contributed by atoms with Gasteiger partial charge in [-0.1, -0.05) is 12.8 Å². The van der Waals surface area contributed by atoms with E-state index in [4.69, 9.17) is 4.74 Å². The topological polar surface area (TPSA) is 44.8 Å². The smallest absolute Gasteiger partial charge is 0.320 e.